The van der Waals surface area contributed by atoms with Crippen molar-refractivity contribution in [2.75, 3.05) is 52.5 Å². The van der Waals surface area contributed by atoms with Gasteiger partial charge in [0.05, 0.1) is 26.0 Å². The van der Waals surface area contributed by atoms with Crippen molar-refractivity contribution in [2.45, 2.75) is 12.8 Å². The number of aromatic nitrogens is 1. The highest BCUT2D eigenvalue weighted by molar-refractivity contribution is 5.81. The van der Waals surface area contributed by atoms with Crippen LogP contribution >= 0.6 is 0 Å². The fourth-order valence-corrected chi connectivity index (χ4v) is 3.64. The second-order valence-corrected chi connectivity index (χ2v) is 7.50. The summed E-state index contributed by atoms with van der Waals surface area (Å²) in [7, 11) is 0. The molecule has 3 heterocycles. The van der Waals surface area contributed by atoms with Gasteiger partial charge >= 0.3 is 0 Å². The summed E-state index contributed by atoms with van der Waals surface area (Å²) in [4.78, 5) is 10.7. The smallest absolute Gasteiger partial charge is 0.191 e. The largest absolute Gasteiger partial charge is 0.469 e. The molecule has 160 valence electrons. The van der Waals surface area contributed by atoms with Crippen LogP contribution < -0.4 is 10.6 Å². The van der Waals surface area contributed by atoms with Gasteiger partial charge in [-0.15, -0.1) is 0 Å². The molecule has 1 aliphatic heterocycles. The number of nitrogens with zero attached hydrogens (tertiary/aromatic N) is 2. The number of benzene rings is 1. The molecular formula is C23H31N5O2. The Bertz CT molecular complexity index is 880. The summed E-state index contributed by atoms with van der Waals surface area (Å²) >= 11 is 0. The van der Waals surface area contributed by atoms with Crippen molar-refractivity contribution in [1.82, 2.24) is 20.5 Å². The van der Waals surface area contributed by atoms with Crippen molar-refractivity contribution in [2.24, 2.45) is 4.99 Å². The maximum atomic E-state index is 5.42. The standard InChI is InChI=1S/C23H31N5O2/c1-2-6-22-19(4-1)18-20(27-22)7-9-24-23(25-10-8-21-5-3-15-30-21)26-11-12-28-13-16-29-17-14-28/h1-6,15,18,27H,7-14,16-17H2,(H2,24,25,26). The molecule has 0 unspecified atom stereocenters. The van der Waals surface area contributed by atoms with Crippen LogP contribution in [0.25, 0.3) is 10.9 Å². The molecule has 1 fully saturated rings. The van der Waals surface area contributed by atoms with Gasteiger partial charge < -0.3 is 24.8 Å². The Kier molecular flexibility index (Phi) is 7.41. The highest BCUT2D eigenvalue weighted by Gasteiger charge is 2.09. The fourth-order valence-electron chi connectivity index (χ4n) is 3.64. The first-order valence-corrected chi connectivity index (χ1v) is 10.8. The van der Waals surface area contributed by atoms with E-state index in [1.165, 1.54) is 16.6 Å². The van der Waals surface area contributed by atoms with E-state index in [1.54, 1.807) is 6.26 Å². The van der Waals surface area contributed by atoms with Crippen LogP contribution in [0.15, 0.2) is 58.1 Å². The highest BCUT2D eigenvalue weighted by Crippen LogP contribution is 2.14. The van der Waals surface area contributed by atoms with Crippen LogP contribution in [0.1, 0.15) is 11.5 Å². The van der Waals surface area contributed by atoms with Crippen LogP contribution in [0.5, 0.6) is 0 Å². The summed E-state index contributed by atoms with van der Waals surface area (Å²) < 4.78 is 10.8. The number of H-pyrrole nitrogens is 1. The molecule has 0 spiro atoms. The minimum atomic E-state index is 0.766. The number of rotatable bonds is 9. The number of morpholine rings is 1. The van der Waals surface area contributed by atoms with E-state index >= 15 is 0 Å². The zero-order chi connectivity index (χ0) is 20.4. The number of ether oxygens (including phenoxy) is 1. The summed E-state index contributed by atoms with van der Waals surface area (Å²) in [6, 6.07) is 14.5. The molecule has 7 nitrogen and oxygen atoms in total. The number of fused-ring (bicyclic) bond motifs is 1. The molecule has 30 heavy (non-hydrogen) atoms. The Morgan fingerprint density at radius 1 is 1.03 bits per heavy atom. The van der Waals surface area contributed by atoms with Crippen molar-refractivity contribution in [3.8, 4) is 0 Å². The molecule has 3 N–H and O–H groups in total. The molecule has 1 aromatic carbocycles. The van der Waals surface area contributed by atoms with Crippen molar-refractivity contribution < 1.29 is 9.15 Å². The number of furan rings is 1. The lowest BCUT2D eigenvalue weighted by Crippen LogP contribution is -2.41. The van der Waals surface area contributed by atoms with E-state index < -0.39 is 0 Å². The molecule has 4 rings (SSSR count). The number of guanidine groups is 1. The zero-order valence-corrected chi connectivity index (χ0v) is 17.4. The second kappa shape index (κ2) is 10.8. The third kappa shape index (κ3) is 6.11. The zero-order valence-electron chi connectivity index (χ0n) is 17.4. The van der Waals surface area contributed by atoms with Gasteiger partial charge in [0.1, 0.15) is 5.76 Å². The molecule has 0 amide bonds. The number of para-hydroxylation sites is 1. The van der Waals surface area contributed by atoms with Crippen molar-refractivity contribution in [3.63, 3.8) is 0 Å². The Morgan fingerprint density at radius 3 is 2.67 bits per heavy atom. The summed E-state index contributed by atoms with van der Waals surface area (Å²) in [5.74, 6) is 1.83. The molecule has 2 aromatic heterocycles. The van der Waals surface area contributed by atoms with E-state index in [-0.39, 0.29) is 0 Å². The van der Waals surface area contributed by atoms with Gasteiger partial charge in [-0.25, -0.2) is 0 Å². The van der Waals surface area contributed by atoms with Gasteiger partial charge in [0, 0.05) is 56.8 Å². The van der Waals surface area contributed by atoms with Gasteiger partial charge in [0.15, 0.2) is 5.96 Å². The Hall–Kier alpha value is -2.77. The van der Waals surface area contributed by atoms with Gasteiger partial charge in [0.2, 0.25) is 0 Å². The average Bonchev–Trinajstić information content (AvgIpc) is 3.43. The minimum Gasteiger partial charge on any atom is -0.469 e. The van der Waals surface area contributed by atoms with Crippen LogP contribution in [-0.2, 0) is 17.6 Å². The molecule has 0 radical (unpaired) electrons. The normalized spacial score (nSPS) is 15.5. The Morgan fingerprint density at radius 2 is 1.87 bits per heavy atom. The molecule has 7 heteroatoms. The molecule has 0 aliphatic carbocycles. The summed E-state index contributed by atoms with van der Waals surface area (Å²) in [5.41, 5.74) is 2.41. The van der Waals surface area contributed by atoms with E-state index in [2.05, 4.69) is 50.8 Å². The SMILES string of the molecule is c1coc(CCNC(=NCCN2CCOCC2)NCCc2cc3ccccc3[nH]2)c1. The van der Waals surface area contributed by atoms with Crippen molar-refractivity contribution >= 4 is 16.9 Å². The number of aromatic amines is 1. The maximum absolute atomic E-state index is 5.42. The number of hydrogen-bond donors (Lipinski definition) is 3. The van der Waals surface area contributed by atoms with Crippen LogP contribution in [0.2, 0.25) is 0 Å². The number of nitrogens with one attached hydrogen (secondary N) is 3. The van der Waals surface area contributed by atoms with Crippen molar-refractivity contribution in [1.29, 1.82) is 0 Å². The number of aliphatic imine (C=N–C) groups is 1. The van der Waals surface area contributed by atoms with Gasteiger partial charge in [-0.1, -0.05) is 18.2 Å². The lowest BCUT2D eigenvalue weighted by atomic mass is 10.2. The lowest BCUT2D eigenvalue weighted by molar-refractivity contribution is 0.0394. The van der Waals surface area contributed by atoms with E-state index in [0.29, 0.717) is 0 Å². The molecular weight excluding hydrogens is 378 g/mol. The minimum absolute atomic E-state index is 0.766. The summed E-state index contributed by atoms with van der Waals surface area (Å²) in [5, 5.41) is 8.16. The van der Waals surface area contributed by atoms with Crippen LogP contribution in [-0.4, -0.2) is 68.3 Å². The van der Waals surface area contributed by atoms with E-state index in [9.17, 15) is 0 Å². The first-order valence-electron chi connectivity index (χ1n) is 10.8. The maximum Gasteiger partial charge on any atom is 0.191 e. The predicted molar refractivity (Wildman–Crippen MR) is 120 cm³/mol. The van der Waals surface area contributed by atoms with Gasteiger partial charge in [-0.3, -0.25) is 9.89 Å². The van der Waals surface area contributed by atoms with Crippen LogP contribution in [0.3, 0.4) is 0 Å². The summed E-state index contributed by atoms with van der Waals surface area (Å²) in [6.07, 6.45) is 3.46. The molecule has 0 atom stereocenters. The molecule has 0 bridgehead atoms. The monoisotopic (exact) mass is 409 g/mol. The molecule has 0 saturated carbocycles. The van der Waals surface area contributed by atoms with Crippen molar-refractivity contribution in [3.05, 3.63) is 60.2 Å². The van der Waals surface area contributed by atoms with Crippen LogP contribution in [0.4, 0.5) is 0 Å². The molecule has 3 aromatic rings. The lowest BCUT2D eigenvalue weighted by Gasteiger charge is -2.25. The Labute approximate surface area is 177 Å². The van der Waals surface area contributed by atoms with Gasteiger partial charge in [-0.2, -0.15) is 0 Å². The first-order chi connectivity index (χ1) is 14.9. The average molecular weight is 410 g/mol. The first kappa shape index (κ1) is 20.5. The molecule has 1 saturated heterocycles. The topological polar surface area (TPSA) is 77.8 Å². The third-order valence-electron chi connectivity index (χ3n) is 5.31. The second-order valence-electron chi connectivity index (χ2n) is 7.50. The van der Waals surface area contributed by atoms with E-state index in [0.717, 1.165) is 77.0 Å². The predicted octanol–water partition coefficient (Wildman–Crippen LogP) is 2.41. The van der Waals surface area contributed by atoms with Gasteiger partial charge in [0.25, 0.3) is 0 Å². The highest BCUT2D eigenvalue weighted by atomic mass is 16.5. The van der Waals surface area contributed by atoms with E-state index in [1.807, 2.05) is 12.1 Å². The van der Waals surface area contributed by atoms with Gasteiger partial charge in [-0.05, 0) is 29.7 Å². The molecule has 1 aliphatic rings. The third-order valence-corrected chi connectivity index (χ3v) is 5.31. The van der Waals surface area contributed by atoms with Crippen LogP contribution in [0, 0.1) is 0 Å². The number of hydrogen-bond acceptors (Lipinski definition) is 4. The quantitative estimate of drug-likeness (QED) is 0.374. The summed E-state index contributed by atoms with van der Waals surface area (Å²) in [6.45, 7) is 6.94. The Balaban J connectivity index is 1.27. The van der Waals surface area contributed by atoms with E-state index in [4.69, 9.17) is 14.1 Å². The fraction of sp³-hybridized carbons (Fsp3) is 0.435.